The largest absolute Gasteiger partial charge is 0.346 e. The van der Waals surface area contributed by atoms with Crippen molar-refractivity contribution >= 4 is 16.9 Å². The van der Waals surface area contributed by atoms with Crippen LogP contribution in [0.15, 0.2) is 48.9 Å². The van der Waals surface area contributed by atoms with Gasteiger partial charge in [0.2, 0.25) is 0 Å². The fourth-order valence-corrected chi connectivity index (χ4v) is 1.85. The fraction of sp³-hybridized carbons (Fsp3) is 0.0714. The molecule has 5 heteroatoms. The molecular weight excluding hydrogens is 240 g/mol. The Hall–Kier alpha value is -2.69. The van der Waals surface area contributed by atoms with Crippen LogP contribution in [0.25, 0.3) is 11.0 Å². The number of carbonyl (C=O) groups is 1. The highest BCUT2D eigenvalue weighted by atomic mass is 16.1. The first kappa shape index (κ1) is 11.4. The number of aromatic amines is 1. The molecular formula is C14H12N4O. The SMILES string of the molecule is O=C(NCc1ccccn1)c1ccc2nc[nH]c2c1. The molecule has 0 unspecified atom stereocenters. The minimum absolute atomic E-state index is 0.123. The Bertz CT molecular complexity index is 706. The van der Waals surface area contributed by atoms with Crippen molar-refractivity contribution in [3.8, 4) is 0 Å². The standard InChI is InChI=1S/C14H12N4O/c19-14(16-8-11-3-1-2-6-15-11)10-4-5-12-13(7-10)18-9-17-12/h1-7,9H,8H2,(H,16,19)(H,17,18). The van der Waals surface area contributed by atoms with E-state index in [9.17, 15) is 4.79 Å². The number of fused-ring (bicyclic) bond motifs is 1. The number of carbonyl (C=O) groups excluding carboxylic acids is 1. The summed E-state index contributed by atoms with van der Waals surface area (Å²) in [6.45, 7) is 0.417. The number of imidazole rings is 1. The number of rotatable bonds is 3. The van der Waals surface area contributed by atoms with Crippen LogP contribution in [0, 0.1) is 0 Å². The summed E-state index contributed by atoms with van der Waals surface area (Å²) >= 11 is 0. The molecule has 0 bridgehead atoms. The van der Waals surface area contributed by atoms with Crippen molar-refractivity contribution in [2.24, 2.45) is 0 Å². The number of pyridine rings is 1. The zero-order valence-electron chi connectivity index (χ0n) is 10.1. The van der Waals surface area contributed by atoms with Crippen molar-refractivity contribution < 1.29 is 4.79 Å². The zero-order valence-corrected chi connectivity index (χ0v) is 10.1. The van der Waals surface area contributed by atoms with Crippen LogP contribution in [-0.4, -0.2) is 20.9 Å². The second-order valence-electron chi connectivity index (χ2n) is 4.14. The van der Waals surface area contributed by atoms with Gasteiger partial charge >= 0.3 is 0 Å². The third-order valence-corrected chi connectivity index (χ3v) is 2.84. The lowest BCUT2D eigenvalue weighted by molar-refractivity contribution is 0.0950. The number of amides is 1. The zero-order chi connectivity index (χ0) is 13.1. The summed E-state index contributed by atoms with van der Waals surface area (Å²) in [5.74, 6) is -0.123. The smallest absolute Gasteiger partial charge is 0.251 e. The third kappa shape index (κ3) is 2.44. The third-order valence-electron chi connectivity index (χ3n) is 2.84. The summed E-state index contributed by atoms with van der Waals surface area (Å²) in [6.07, 6.45) is 3.32. The van der Waals surface area contributed by atoms with Gasteiger partial charge in [0.1, 0.15) is 0 Å². The predicted molar refractivity (Wildman–Crippen MR) is 71.5 cm³/mol. The topological polar surface area (TPSA) is 70.7 Å². The van der Waals surface area contributed by atoms with Crippen molar-refractivity contribution in [2.75, 3.05) is 0 Å². The Kier molecular flexibility index (Phi) is 2.94. The van der Waals surface area contributed by atoms with Gasteiger partial charge in [0.05, 0.1) is 29.6 Å². The molecule has 5 nitrogen and oxygen atoms in total. The summed E-state index contributed by atoms with van der Waals surface area (Å²) in [7, 11) is 0. The van der Waals surface area contributed by atoms with Crippen molar-refractivity contribution in [3.63, 3.8) is 0 Å². The van der Waals surface area contributed by atoms with Gasteiger partial charge in [-0.3, -0.25) is 9.78 Å². The molecule has 0 aliphatic heterocycles. The van der Waals surface area contributed by atoms with Gasteiger partial charge in [-0.25, -0.2) is 4.98 Å². The highest BCUT2D eigenvalue weighted by Gasteiger charge is 2.07. The second-order valence-corrected chi connectivity index (χ2v) is 4.14. The van der Waals surface area contributed by atoms with Crippen molar-refractivity contribution in [1.82, 2.24) is 20.3 Å². The molecule has 3 aromatic rings. The molecule has 0 aliphatic rings. The van der Waals surface area contributed by atoms with E-state index in [1.807, 2.05) is 24.3 Å². The summed E-state index contributed by atoms with van der Waals surface area (Å²) in [5, 5.41) is 2.84. The van der Waals surface area contributed by atoms with Crippen LogP contribution in [0.2, 0.25) is 0 Å². The van der Waals surface area contributed by atoms with Crippen LogP contribution in [0.1, 0.15) is 16.1 Å². The number of nitrogens with one attached hydrogen (secondary N) is 2. The Labute approximate surface area is 109 Å². The summed E-state index contributed by atoms with van der Waals surface area (Å²) in [6, 6.07) is 11.0. The van der Waals surface area contributed by atoms with E-state index in [-0.39, 0.29) is 5.91 Å². The number of hydrogen-bond donors (Lipinski definition) is 2. The van der Waals surface area contributed by atoms with E-state index in [0.717, 1.165) is 16.7 Å². The van der Waals surface area contributed by atoms with Gasteiger partial charge in [0, 0.05) is 11.8 Å². The summed E-state index contributed by atoms with van der Waals surface area (Å²) in [4.78, 5) is 23.3. The van der Waals surface area contributed by atoms with Crippen LogP contribution in [0.5, 0.6) is 0 Å². The van der Waals surface area contributed by atoms with E-state index < -0.39 is 0 Å². The van der Waals surface area contributed by atoms with Crippen molar-refractivity contribution in [3.05, 3.63) is 60.2 Å². The van der Waals surface area contributed by atoms with E-state index >= 15 is 0 Å². The molecule has 2 heterocycles. The van der Waals surface area contributed by atoms with Gasteiger partial charge in [0.15, 0.2) is 0 Å². The van der Waals surface area contributed by atoms with E-state index in [0.29, 0.717) is 12.1 Å². The molecule has 2 N–H and O–H groups in total. The van der Waals surface area contributed by atoms with Crippen LogP contribution in [-0.2, 0) is 6.54 Å². The van der Waals surface area contributed by atoms with Crippen LogP contribution in [0.3, 0.4) is 0 Å². The molecule has 0 radical (unpaired) electrons. The maximum Gasteiger partial charge on any atom is 0.251 e. The van der Waals surface area contributed by atoms with E-state index in [4.69, 9.17) is 0 Å². The first-order valence-electron chi connectivity index (χ1n) is 5.94. The average molecular weight is 252 g/mol. The van der Waals surface area contributed by atoms with Crippen molar-refractivity contribution in [2.45, 2.75) is 6.54 Å². The van der Waals surface area contributed by atoms with Crippen LogP contribution >= 0.6 is 0 Å². The lowest BCUT2D eigenvalue weighted by Gasteiger charge is -2.04. The van der Waals surface area contributed by atoms with Crippen LogP contribution in [0.4, 0.5) is 0 Å². The summed E-state index contributed by atoms with van der Waals surface area (Å²) in [5.41, 5.74) is 3.14. The highest BCUT2D eigenvalue weighted by Crippen LogP contribution is 2.11. The molecule has 0 saturated heterocycles. The molecule has 94 valence electrons. The van der Waals surface area contributed by atoms with Gasteiger partial charge in [0.25, 0.3) is 5.91 Å². The molecule has 0 spiro atoms. The normalized spacial score (nSPS) is 10.5. The lowest BCUT2D eigenvalue weighted by Crippen LogP contribution is -2.23. The quantitative estimate of drug-likeness (QED) is 0.747. The maximum absolute atomic E-state index is 12.0. The minimum Gasteiger partial charge on any atom is -0.346 e. The minimum atomic E-state index is -0.123. The molecule has 3 rings (SSSR count). The van der Waals surface area contributed by atoms with Gasteiger partial charge in [-0.15, -0.1) is 0 Å². The van der Waals surface area contributed by atoms with Gasteiger partial charge in [-0.2, -0.15) is 0 Å². The number of aromatic nitrogens is 3. The number of nitrogens with zero attached hydrogens (tertiary/aromatic N) is 2. The Morgan fingerprint density at radius 3 is 3.00 bits per heavy atom. The number of benzene rings is 1. The Balaban J connectivity index is 1.73. The van der Waals surface area contributed by atoms with Crippen LogP contribution < -0.4 is 5.32 Å². The first-order valence-corrected chi connectivity index (χ1v) is 5.94. The molecule has 1 amide bonds. The first-order chi connectivity index (χ1) is 9.33. The number of H-pyrrole nitrogens is 1. The molecule has 19 heavy (non-hydrogen) atoms. The molecule has 0 fully saturated rings. The monoisotopic (exact) mass is 252 g/mol. The molecule has 1 aromatic carbocycles. The van der Waals surface area contributed by atoms with Gasteiger partial charge < -0.3 is 10.3 Å². The molecule has 2 aromatic heterocycles. The van der Waals surface area contributed by atoms with E-state index in [2.05, 4.69) is 20.3 Å². The predicted octanol–water partition coefficient (Wildman–Crippen LogP) is 1.89. The van der Waals surface area contributed by atoms with E-state index in [1.165, 1.54) is 0 Å². The Morgan fingerprint density at radius 2 is 2.16 bits per heavy atom. The maximum atomic E-state index is 12.0. The van der Waals surface area contributed by atoms with E-state index in [1.54, 1.807) is 24.7 Å². The van der Waals surface area contributed by atoms with Gasteiger partial charge in [-0.1, -0.05) is 6.07 Å². The van der Waals surface area contributed by atoms with Gasteiger partial charge in [-0.05, 0) is 30.3 Å². The molecule has 0 saturated carbocycles. The van der Waals surface area contributed by atoms with Crippen molar-refractivity contribution in [1.29, 1.82) is 0 Å². The average Bonchev–Trinajstić information content (AvgIpc) is 2.93. The number of hydrogen-bond acceptors (Lipinski definition) is 3. The Morgan fingerprint density at radius 1 is 1.21 bits per heavy atom. The second kappa shape index (κ2) is 4.89. The highest BCUT2D eigenvalue weighted by molar-refractivity contribution is 5.97. The fourth-order valence-electron chi connectivity index (χ4n) is 1.85. The molecule has 0 aliphatic carbocycles. The molecule has 0 atom stereocenters. The summed E-state index contributed by atoms with van der Waals surface area (Å²) < 4.78 is 0. The lowest BCUT2D eigenvalue weighted by atomic mass is 10.2.